The molecule has 0 spiro atoms. The van der Waals surface area contributed by atoms with Gasteiger partial charge in [-0.25, -0.2) is 27.8 Å². The zero-order chi connectivity index (χ0) is 20.1. The molecule has 29 heavy (non-hydrogen) atoms. The second-order valence-electron chi connectivity index (χ2n) is 6.38. The molecule has 0 fully saturated rings. The highest BCUT2D eigenvalue weighted by molar-refractivity contribution is 7.89. The number of aromatic nitrogens is 4. The zero-order valence-corrected chi connectivity index (χ0v) is 16.4. The number of nitrogens with zero attached hydrogens (tertiary/aromatic N) is 4. The Hall–Kier alpha value is -3.30. The van der Waals surface area contributed by atoms with E-state index in [1.54, 1.807) is 36.5 Å². The van der Waals surface area contributed by atoms with Crippen molar-refractivity contribution in [1.29, 1.82) is 0 Å². The lowest BCUT2D eigenvalue weighted by Crippen LogP contribution is -2.29. The first-order valence-corrected chi connectivity index (χ1v) is 10.6. The Morgan fingerprint density at radius 2 is 1.62 bits per heavy atom. The second-order valence-corrected chi connectivity index (χ2v) is 8.15. The molecule has 0 bridgehead atoms. The van der Waals surface area contributed by atoms with Crippen LogP contribution in [0, 0.1) is 0 Å². The number of sulfonamides is 1. The summed E-state index contributed by atoms with van der Waals surface area (Å²) >= 11 is 0. The van der Waals surface area contributed by atoms with Crippen molar-refractivity contribution in [2.24, 2.45) is 0 Å². The Morgan fingerprint density at radius 1 is 0.897 bits per heavy atom. The van der Waals surface area contributed by atoms with Crippen molar-refractivity contribution in [3.05, 3.63) is 78.8 Å². The van der Waals surface area contributed by atoms with Gasteiger partial charge in [-0.15, -0.1) is 0 Å². The van der Waals surface area contributed by atoms with Crippen LogP contribution in [0.25, 0.3) is 11.0 Å². The van der Waals surface area contributed by atoms with Gasteiger partial charge >= 0.3 is 0 Å². The van der Waals surface area contributed by atoms with Crippen molar-refractivity contribution in [3.8, 4) is 0 Å². The van der Waals surface area contributed by atoms with Gasteiger partial charge in [0, 0.05) is 13.1 Å². The van der Waals surface area contributed by atoms with E-state index in [2.05, 4.69) is 25.1 Å². The molecule has 2 heterocycles. The van der Waals surface area contributed by atoms with Gasteiger partial charge in [-0.1, -0.05) is 48.5 Å². The molecule has 0 unspecified atom stereocenters. The minimum absolute atomic E-state index is 0.223. The molecule has 0 radical (unpaired) electrons. The fraction of sp³-hybridized carbons (Fsp3) is 0.150. The number of benzene rings is 2. The van der Waals surface area contributed by atoms with Crippen molar-refractivity contribution < 1.29 is 8.42 Å². The van der Waals surface area contributed by atoms with Crippen molar-refractivity contribution in [2.75, 3.05) is 18.4 Å². The SMILES string of the molecule is O=S(=O)(NCCNc1ncnc2c1cnn2Cc1ccccc1)c1ccccc1. The van der Waals surface area contributed by atoms with Gasteiger partial charge < -0.3 is 5.32 Å². The fourth-order valence-corrected chi connectivity index (χ4v) is 4.01. The minimum Gasteiger partial charge on any atom is -0.368 e. The van der Waals surface area contributed by atoms with E-state index < -0.39 is 10.0 Å². The molecule has 2 aromatic heterocycles. The minimum atomic E-state index is -3.53. The van der Waals surface area contributed by atoms with Gasteiger partial charge in [0.05, 0.1) is 23.0 Å². The third-order valence-corrected chi connectivity index (χ3v) is 5.85. The molecule has 0 atom stereocenters. The monoisotopic (exact) mass is 408 g/mol. The Labute approximate surface area is 168 Å². The summed E-state index contributed by atoms with van der Waals surface area (Å²) in [6.07, 6.45) is 3.19. The molecule has 0 saturated carbocycles. The summed E-state index contributed by atoms with van der Waals surface area (Å²) in [5.74, 6) is 0.619. The molecule has 2 aromatic carbocycles. The van der Waals surface area contributed by atoms with Crippen molar-refractivity contribution in [1.82, 2.24) is 24.5 Å². The first-order valence-electron chi connectivity index (χ1n) is 9.12. The Kier molecular flexibility index (Phi) is 5.50. The average Bonchev–Trinajstić information content (AvgIpc) is 3.16. The van der Waals surface area contributed by atoms with E-state index in [0.717, 1.165) is 16.6 Å². The molecule has 0 saturated heterocycles. The van der Waals surface area contributed by atoms with Crippen molar-refractivity contribution in [3.63, 3.8) is 0 Å². The number of rotatable bonds is 8. The molecule has 148 valence electrons. The lowest BCUT2D eigenvalue weighted by Gasteiger charge is -2.09. The van der Waals surface area contributed by atoms with Gasteiger partial charge in [-0.2, -0.15) is 5.10 Å². The van der Waals surface area contributed by atoms with Gasteiger partial charge in [0.15, 0.2) is 5.65 Å². The third kappa shape index (κ3) is 4.41. The van der Waals surface area contributed by atoms with Crippen LogP contribution in [0.4, 0.5) is 5.82 Å². The number of anilines is 1. The van der Waals surface area contributed by atoms with Crippen LogP contribution in [0.3, 0.4) is 0 Å². The molecule has 4 rings (SSSR count). The largest absolute Gasteiger partial charge is 0.368 e. The molecule has 0 amide bonds. The lowest BCUT2D eigenvalue weighted by molar-refractivity contribution is 0.583. The zero-order valence-electron chi connectivity index (χ0n) is 15.6. The average molecular weight is 408 g/mol. The first kappa shape index (κ1) is 19.0. The third-order valence-electron chi connectivity index (χ3n) is 4.37. The molecule has 2 N–H and O–H groups in total. The molecule has 0 aliphatic rings. The van der Waals surface area contributed by atoms with Crippen molar-refractivity contribution in [2.45, 2.75) is 11.4 Å². The Morgan fingerprint density at radius 3 is 2.38 bits per heavy atom. The van der Waals surface area contributed by atoms with Crippen LogP contribution in [-0.4, -0.2) is 41.3 Å². The molecular weight excluding hydrogens is 388 g/mol. The highest BCUT2D eigenvalue weighted by atomic mass is 32.2. The normalized spacial score (nSPS) is 11.6. The number of nitrogens with one attached hydrogen (secondary N) is 2. The number of hydrogen-bond acceptors (Lipinski definition) is 6. The van der Waals surface area contributed by atoms with Crippen molar-refractivity contribution >= 4 is 26.9 Å². The van der Waals surface area contributed by atoms with E-state index in [4.69, 9.17) is 0 Å². The Bertz CT molecular complexity index is 1190. The van der Waals surface area contributed by atoms with Crippen LogP contribution >= 0.6 is 0 Å². The maximum atomic E-state index is 12.3. The second kappa shape index (κ2) is 8.38. The van der Waals surface area contributed by atoms with E-state index in [0.29, 0.717) is 18.9 Å². The van der Waals surface area contributed by atoms with E-state index in [1.165, 1.54) is 6.33 Å². The summed E-state index contributed by atoms with van der Waals surface area (Å²) in [6.45, 7) is 1.21. The predicted octanol–water partition coefficient (Wildman–Crippen LogP) is 2.26. The van der Waals surface area contributed by atoms with Crippen LogP contribution in [0.2, 0.25) is 0 Å². The molecular formula is C20H20N6O2S. The fourth-order valence-electron chi connectivity index (χ4n) is 2.96. The molecule has 9 heteroatoms. The van der Waals surface area contributed by atoms with Gasteiger partial charge in [-0.3, -0.25) is 0 Å². The first-order chi connectivity index (χ1) is 14.1. The molecule has 4 aromatic rings. The van der Waals surface area contributed by atoms with Gasteiger partial charge in [0.25, 0.3) is 0 Å². The van der Waals surface area contributed by atoms with E-state index in [1.807, 2.05) is 35.0 Å². The predicted molar refractivity (Wildman–Crippen MR) is 111 cm³/mol. The molecule has 0 aliphatic heterocycles. The summed E-state index contributed by atoms with van der Waals surface area (Å²) in [4.78, 5) is 8.85. The maximum absolute atomic E-state index is 12.3. The number of hydrogen-bond donors (Lipinski definition) is 2. The quantitative estimate of drug-likeness (QED) is 0.434. The summed E-state index contributed by atoms with van der Waals surface area (Å²) in [7, 11) is -3.53. The van der Waals surface area contributed by atoms with Crippen LogP contribution in [0.5, 0.6) is 0 Å². The number of fused-ring (bicyclic) bond motifs is 1. The standard InChI is InChI=1S/C20H20N6O2S/c27-29(28,17-9-5-2-6-10-17)25-12-11-21-19-18-13-24-26(20(18)23-15-22-19)14-16-7-3-1-4-8-16/h1-10,13,15,25H,11-12,14H2,(H,21,22,23). The Balaban J connectivity index is 1.41. The van der Waals surface area contributed by atoms with Crippen LogP contribution < -0.4 is 10.0 Å². The van der Waals surface area contributed by atoms with Gasteiger partial charge in [0.1, 0.15) is 12.1 Å². The lowest BCUT2D eigenvalue weighted by atomic mass is 10.2. The summed E-state index contributed by atoms with van der Waals surface area (Å²) in [6, 6.07) is 18.3. The summed E-state index contributed by atoms with van der Waals surface area (Å²) in [5.41, 5.74) is 1.84. The van der Waals surface area contributed by atoms with Gasteiger partial charge in [0.2, 0.25) is 10.0 Å². The smallest absolute Gasteiger partial charge is 0.240 e. The van der Waals surface area contributed by atoms with Crippen LogP contribution in [-0.2, 0) is 16.6 Å². The summed E-state index contributed by atoms with van der Waals surface area (Å²) < 4.78 is 28.9. The van der Waals surface area contributed by atoms with E-state index in [-0.39, 0.29) is 11.4 Å². The van der Waals surface area contributed by atoms with E-state index in [9.17, 15) is 8.42 Å². The topological polar surface area (TPSA) is 102 Å². The molecule has 8 nitrogen and oxygen atoms in total. The molecule has 0 aliphatic carbocycles. The van der Waals surface area contributed by atoms with Crippen LogP contribution in [0.15, 0.2) is 78.1 Å². The highest BCUT2D eigenvalue weighted by Crippen LogP contribution is 2.19. The van der Waals surface area contributed by atoms with Gasteiger partial charge in [-0.05, 0) is 17.7 Å². The highest BCUT2D eigenvalue weighted by Gasteiger charge is 2.13. The van der Waals surface area contributed by atoms with Crippen LogP contribution in [0.1, 0.15) is 5.56 Å². The summed E-state index contributed by atoms with van der Waals surface area (Å²) in [5, 5.41) is 8.37. The van der Waals surface area contributed by atoms with E-state index >= 15 is 0 Å². The maximum Gasteiger partial charge on any atom is 0.240 e.